The third kappa shape index (κ3) is 4.90. The number of benzene rings is 2. The van der Waals surface area contributed by atoms with Gasteiger partial charge in [0.2, 0.25) is 0 Å². The van der Waals surface area contributed by atoms with Gasteiger partial charge >= 0.3 is 0 Å². The van der Waals surface area contributed by atoms with Crippen LogP contribution in [0.15, 0.2) is 60.7 Å². The maximum absolute atomic E-state index is 12.7. The second-order valence-electron chi connectivity index (χ2n) is 7.68. The topological polar surface area (TPSA) is 63.1 Å². The van der Waals surface area contributed by atoms with Crippen molar-refractivity contribution in [3.05, 3.63) is 83.2 Å². The first-order valence-electron chi connectivity index (χ1n) is 10.2. The Labute approximate surface area is 171 Å². The SMILES string of the molecule is Cc1c(C(=O)NC2CCN(Cc3ccccc3)CC2)nnn1Cc1ccccc1. The molecule has 0 aliphatic carbocycles. The van der Waals surface area contributed by atoms with E-state index in [-0.39, 0.29) is 11.9 Å². The summed E-state index contributed by atoms with van der Waals surface area (Å²) in [6, 6.07) is 20.8. The van der Waals surface area contributed by atoms with Crippen LogP contribution in [0.4, 0.5) is 0 Å². The van der Waals surface area contributed by atoms with E-state index in [9.17, 15) is 4.79 Å². The van der Waals surface area contributed by atoms with E-state index in [0.29, 0.717) is 12.2 Å². The Bertz CT molecular complexity index is 930. The Kier molecular flexibility index (Phi) is 6.00. The van der Waals surface area contributed by atoms with E-state index in [0.717, 1.165) is 43.7 Å². The van der Waals surface area contributed by atoms with Crippen LogP contribution in [0.2, 0.25) is 0 Å². The van der Waals surface area contributed by atoms with Crippen molar-refractivity contribution in [3.8, 4) is 0 Å². The third-order valence-corrected chi connectivity index (χ3v) is 5.54. The number of rotatable bonds is 6. The van der Waals surface area contributed by atoms with E-state index >= 15 is 0 Å². The fourth-order valence-electron chi connectivity index (χ4n) is 3.81. The molecule has 0 spiro atoms. The van der Waals surface area contributed by atoms with Crippen molar-refractivity contribution >= 4 is 5.91 Å². The largest absolute Gasteiger partial charge is 0.348 e. The van der Waals surface area contributed by atoms with Crippen LogP contribution < -0.4 is 5.32 Å². The fraction of sp³-hybridized carbons (Fsp3) is 0.348. The number of nitrogens with one attached hydrogen (secondary N) is 1. The Morgan fingerprint density at radius 3 is 2.17 bits per heavy atom. The van der Waals surface area contributed by atoms with E-state index in [1.807, 2.05) is 43.3 Å². The van der Waals surface area contributed by atoms with Crippen LogP contribution in [0, 0.1) is 6.92 Å². The summed E-state index contributed by atoms with van der Waals surface area (Å²) in [5.41, 5.74) is 3.69. The van der Waals surface area contributed by atoms with Gasteiger partial charge in [0.25, 0.3) is 5.91 Å². The van der Waals surface area contributed by atoms with Gasteiger partial charge in [-0.3, -0.25) is 9.69 Å². The molecule has 2 aromatic carbocycles. The lowest BCUT2D eigenvalue weighted by Gasteiger charge is -2.32. The summed E-state index contributed by atoms with van der Waals surface area (Å²) >= 11 is 0. The number of nitrogens with zero attached hydrogens (tertiary/aromatic N) is 4. The Morgan fingerprint density at radius 2 is 1.55 bits per heavy atom. The quantitative estimate of drug-likeness (QED) is 0.704. The molecule has 0 bridgehead atoms. The van der Waals surface area contributed by atoms with Crippen LogP contribution >= 0.6 is 0 Å². The van der Waals surface area contributed by atoms with Crippen LogP contribution in [0.1, 0.15) is 40.2 Å². The summed E-state index contributed by atoms with van der Waals surface area (Å²) in [6.45, 7) is 5.46. The molecule has 3 aromatic rings. The fourth-order valence-corrected chi connectivity index (χ4v) is 3.81. The van der Waals surface area contributed by atoms with E-state index in [4.69, 9.17) is 0 Å². The van der Waals surface area contributed by atoms with Crippen LogP contribution in [0.3, 0.4) is 0 Å². The van der Waals surface area contributed by atoms with Gasteiger partial charge in [-0.2, -0.15) is 0 Å². The highest BCUT2D eigenvalue weighted by Crippen LogP contribution is 2.15. The average molecular weight is 390 g/mol. The number of carbonyl (C=O) groups excluding carboxylic acids is 1. The highest BCUT2D eigenvalue weighted by Gasteiger charge is 2.24. The molecule has 1 N–H and O–H groups in total. The Balaban J connectivity index is 1.30. The van der Waals surface area contributed by atoms with Crippen LogP contribution in [0.5, 0.6) is 0 Å². The molecule has 0 unspecified atom stereocenters. The van der Waals surface area contributed by atoms with Gasteiger partial charge in [0, 0.05) is 25.7 Å². The number of amides is 1. The second kappa shape index (κ2) is 9.01. The standard InChI is InChI=1S/C23H27N5O/c1-18-22(25-26-28(18)17-20-10-6-3-7-11-20)23(29)24-21-12-14-27(15-13-21)16-19-8-4-2-5-9-19/h2-11,21H,12-17H2,1H3,(H,24,29). The van der Waals surface area contributed by atoms with Crippen molar-refractivity contribution in [1.29, 1.82) is 0 Å². The molecule has 0 saturated carbocycles. The highest BCUT2D eigenvalue weighted by atomic mass is 16.2. The molecular formula is C23H27N5O. The van der Waals surface area contributed by atoms with Gasteiger partial charge in [-0.15, -0.1) is 5.10 Å². The van der Waals surface area contributed by atoms with Crippen molar-refractivity contribution in [2.24, 2.45) is 0 Å². The molecule has 29 heavy (non-hydrogen) atoms. The maximum Gasteiger partial charge on any atom is 0.273 e. The Morgan fingerprint density at radius 1 is 0.966 bits per heavy atom. The molecule has 1 aromatic heterocycles. The maximum atomic E-state index is 12.7. The first-order valence-corrected chi connectivity index (χ1v) is 10.2. The van der Waals surface area contributed by atoms with Crippen molar-refractivity contribution in [1.82, 2.24) is 25.2 Å². The predicted octanol–water partition coefficient (Wildman–Crippen LogP) is 3.03. The molecule has 1 amide bonds. The van der Waals surface area contributed by atoms with Crippen molar-refractivity contribution in [3.63, 3.8) is 0 Å². The second-order valence-corrected chi connectivity index (χ2v) is 7.68. The van der Waals surface area contributed by atoms with Gasteiger partial charge in [0.1, 0.15) is 0 Å². The van der Waals surface area contributed by atoms with Gasteiger partial charge < -0.3 is 5.32 Å². The molecule has 1 fully saturated rings. The van der Waals surface area contributed by atoms with Gasteiger partial charge in [0.15, 0.2) is 5.69 Å². The van der Waals surface area contributed by atoms with Crippen molar-refractivity contribution in [2.75, 3.05) is 13.1 Å². The minimum atomic E-state index is -0.122. The highest BCUT2D eigenvalue weighted by molar-refractivity contribution is 5.93. The molecule has 0 radical (unpaired) electrons. The lowest BCUT2D eigenvalue weighted by atomic mass is 10.0. The summed E-state index contributed by atoms with van der Waals surface area (Å²) in [6.07, 6.45) is 1.91. The Hall–Kier alpha value is -2.99. The smallest absolute Gasteiger partial charge is 0.273 e. The van der Waals surface area contributed by atoms with E-state index in [1.54, 1.807) is 4.68 Å². The normalized spacial score (nSPS) is 15.3. The molecule has 1 saturated heterocycles. The van der Waals surface area contributed by atoms with Gasteiger partial charge in [-0.25, -0.2) is 4.68 Å². The summed E-state index contributed by atoms with van der Waals surface area (Å²) < 4.78 is 1.78. The minimum absolute atomic E-state index is 0.122. The zero-order valence-electron chi connectivity index (χ0n) is 16.8. The zero-order chi connectivity index (χ0) is 20.1. The number of likely N-dealkylation sites (tertiary alicyclic amines) is 1. The molecule has 150 valence electrons. The molecule has 6 nitrogen and oxygen atoms in total. The molecule has 1 aliphatic heterocycles. The summed E-state index contributed by atoms with van der Waals surface area (Å²) in [5, 5.41) is 11.5. The van der Waals surface area contributed by atoms with Gasteiger partial charge in [0.05, 0.1) is 12.2 Å². The number of carbonyl (C=O) groups is 1. The van der Waals surface area contributed by atoms with Crippen LogP contribution in [0.25, 0.3) is 0 Å². The number of hydrogen-bond acceptors (Lipinski definition) is 4. The molecule has 4 rings (SSSR count). The minimum Gasteiger partial charge on any atom is -0.348 e. The van der Waals surface area contributed by atoms with E-state index in [1.165, 1.54) is 5.56 Å². The van der Waals surface area contributed by atoms with Crippen molar-refractivity contribution < 1.29 is 4.79 Å². The molecule has 1 aliphatic rings. The van der Waals surface area contributed by atoms with Crippen molar-refractivity contribution in [2.45, 2.75) is 38.9 Å². The lowest BCUT2D eigenvalue weighted by Crippen LogP contribution is -2.44. The monoisotopic (exact) mass is 389 g/mol. The molecule has 6 heteroatoms. The van der Waals surface area contributed by atoms with E-state index in [2.05, 4.69) is 44.8 Å². The van der Waals surface area contributed by atoms with Gasteiger partial charge in [-0.05, 0) is 30.9 Å². The first kappa shape index (κ1) is 19.3. The average Bonchev–Trinajstić information content (AvgIpc) is 3.11. The number of aromatic nitrogens is 3. The predicted molar refractivity (Wildman–Crippen MR) is 113 cm³/mol. The number of piperidine rings is 1. The molecule has 0 atom stereocenters. The van der Waals surface area contributed by atoms with Crippen LogP contribution in [-0.4, -0.2) is 44.9 Å². The zero-order valence-corrected chi connectivity index (χ0v) is 16.8. The third-order valence-electron chi connectivity index (χ3n) is 5.54. The molecular weight excluding hydrogens is 362 g/mol. The van der Waals surface area contributed by atoms with Crippen LogP contribution in [-0.2, 0) is 13.1 Å². The lowest BCUT2D eigenvalue weighted by molar-refractivity contribution is 0.0903. The summed E-state index contributed by atoms with van der Waals surface area (Å²) in [7, 11) is 0. The first-order chi connectivity index (χ1) is 14.2. The van der Waals surface area contributed by atoms with Gasteiger partial charge in [-0.1, -0.05) is 65.9 Å². The summed E-state index contributed by atoms with van der Waals surface area (Å²) in [5.74, 6) is -0.122. The molecule has 2 heterocycles. The number of hydrogen-bond donors (Lipinski definition) is 1. The summed E-state index contributed by atoms with van der Waals surface area (Å²) in [4.78, 5) is 15.2. The van der Waals surface area contributed by atoms with E-state index < -0.39 is 0 Å².